The van der Waals surface area contributed by atoms with Crippen LogP contribution in [0.2, 0.25) is 10.3 Å². The Hall–Kier alpha value is -1.06. The van der Waals surface area contributed by atoms with Crippen molar-refractivity contribution >= 4 is 23.2 Å². The molecule has 0 bridgehead atoms. The summed E-state index contributed by atoms with van der Waals surface area (Å²) in [7, 11) is 0. The first-order valence-corrected chi connectivity index (χ1v) is 6.27. The van der Waals surface area contributed by atoms with Crippen LogP contribution in [0.5, 0.6) is 0 Å². The van der Waals surface area contributed by atoms with Crippen LogP contribution in [0, 0.1) is 0 Å². The van der Waals surface area contributed by atoms with Crippen molar-refractivity contribution in [1.29, 1.82) is 0 Å². The molecule has 0 aromatic carbocycles. The molecule has 2 heterocycles. The van der Waals surface area contributed by atoms with E-state index in [2.05, 4.69) is 21.5 Å². The first kappa shape index (κ1) is 12.4. The number of hydrogen-bond acceptors (Lipinski definition) is 2. The van der Waals surface area contributed by atoms with Crippen LogP contribution in [-0.4, -0.2) is 14.5 Å². The number of hydrogen-bond donors (Lipinski definition) is 0. The van der Waals surface area contributed by atoms with Gasteiger partial charge in [0, 0.05) is 24.4 Å². The van der Waals surface area contributed by atoms with Gasteiger partial charge >= 0.3 is 0 Å². The van der Waals surface area contributed by atoms with E-state index in [1.807, 2.05) is 18.5 Å². The molecule has 0 spiro atoms. The first-order valence-electron chi connectivity index (χ1n) is 5.51. The number of imidazole rings is 1. The number of rotatable bonds is 4. The Morgan fingerprint density at radius 1 is 1.29 bits per heavy atom. The Morgan fingerprint density at radius 3 is 2.82 bits per heavy atom. The first-order chi connectivity index (χ1) is 8.20. The van der Waals surface area contributed by atoms with Gasteiger partial charge in [0.25, 0.3) is 0 Å². The third-order valence-corrected chi connectivity index (χ3v) is 3.05. The van der Waals surface area contributed by atoms with Gasteiger partial charge in [0.15, 0.2) is 0 Å². The lowest BCUT2D eigenvalue weighted by molar-refractivity contribution is 0.703. The molecule has 0 aliphatic carbocycles. The molecule has 0 amide bonds. The van der Waals surface area contributed by atoms with Crippen LogP contribution < -0.4 is 0 Å². The van der Waals surface area contributed by atoms with E-state index in [0.717, 1.165) is 24.2 Å². The minimum absolute atomic E-state index is 0.415. The van der Waals surface area contributed by atoms with Gasteiger partial charge < -0.3 is 4.57 Å². The third kappa shape index (κ3) is 2.99. The Kier molecular flexibility index (Phi) is 4.02. The van der Waals surface area contributed by atoms with Gasteiger partial charge in [-0.3, -0.25) is 0 Å². The van der Waals surface area contributed by atoms with Crippen LogP contribution in [-0.2, 0) is 13.0 Å². The summed E-state index contributed by atoms with van der Waals surface area (Å²) in [5.41, 5.74) is 0.950. The highest BCUT2D eigenvalue weighted by atomic mass is 35.5. The summed E-state index contributed by atoms with van der Waals surface area (Å²) in [5, 5.41) is 0.867. The molecule has 2 aromatic heterocycles. The molecule has 0 aliphatic rings. The maximum atomic E-state index is 6.05. The zero-order valence-electron chi connectivity index (χ0n) is 9.53. The molecule has 5 heteroatoms. The van der Waals surface area contributed by atoms with Gasteiger partial charge in [-0.25, -0.2) is 9.97 Å². The molecule has 0 atom stereocenters. The van der Waals surface area contributed by atoms with E-state index in [9.17, 15) is 0 Å². The quantitative estimate of drug-likeness (QED) is 0.795. The van der Waals surface area contributed by atoms with Crippen LogP contribution in [0.25, 0.3) is 0 Å². The van der Waals surface area contributed by atoms with Crippen molar-refractivity contribution in [3.8, 4) is 0 Å². The predicted octanol–water partition coefficient (Wildman–Crippen LogP) is 3.59. The second-order valence-electron chi connectivity index (χ2n) is 3.81. The fourth-order valence-corrected chi connectivity index (χ4v) is 2.08. The Morgan fingerprint density at radius 2 is 2.12 bits per heavy atom. The molecule has 0 saturated carbocycles. The van der Waals surface area contributed by atoms with Gasteiger partial charge in [0.05, 0.1) is 6.54 Å². The highest BCUT2D eigenvalue weighted by molar-refractivity contribution is 6.32. The molecular formula is C12H13Cl2N3. The number of pyridine rings is 1. The largest absolute Gasteiger partial charge is 0.330 e. The van der Waals surface area contributed by atoms with Gasteiger partial charge in [-0.05, 0) is 12.5 Å². The minimum Gasteiger partial charge on any atom is -0.330 e. The lowest BCUT2D eigenvalue weighted by atomic mass is 10.2. The summed E-state index contributed by atoms with van der Waals surface area (Å²) in [6.45, 7) is 2.81. The van der Waals surface area contributed by atoms with Crippen molar-refractivity contribution in [3.05, 3.63) is 46.2 Å². The summed E-state index contributed by atoms with van der Waals surface area (Å²) >= 11 is 11.8. The number of aromatic nitrogens is 3. The summed E-state index contributed by atoms with van der Waals surface area (Å²) in [5.74, 6) is 1.07. The molecule has 0 unspecified atom stereocenters. The molecule has 3 nitrogen and oxygen atoms in total. The second kappa shape index (κ2) is 5.52. The monoisotopic (exact) mass is 269 g/mol. The summed E-state index contributed by atoms with van der Waals surface area (Å²) in [6.07, 6.45) is 5.80. The van der Waals surface area contributed by atoms with E-state index in [1.54, 1.807) is 6.07 Å². The Bertz CT molecular complexity index is 508. The van der Waals surface area contributed by atoms with Gasteiger partial charge in [-0.1, -0.05) is 36.2 Å². The molecule has 0 fully saturated rings. The minimum atomic E-state index is 0.415. The maximum absolute atomic E-state index is 6.05. The number of aryl methyl sites for hydroxylation is 1. The summed E-state index contributed by atoms with van der Waals surface area (Å²) in [4.78, 5) is 8.35. The zero-order chi connectivity index (χ0) is 12.3. The molecule has 0 saturated heterocycles. The van der Waals surface area contributed by atoms with Crippen LogP contribution in [0.1, 0.15) is 24.7 Å². The molecule has 2 aromatic rings. The van der Waals surface area contributed by atoms with Crippen LogP contribution in [0.15, 0.2) is 24.5 Å². The SMILES string of the molecule is CCCc1nccn1Cc1ccc(Cl)nc1Cl. The normalized spacial score (nSPS) is 10.8. The molecule has 17 heavy (non-hydrogen) atoms. The van der Waals surface area contributed by atoms with Crippen molar-refractivity contribution < 1.29 is 0 Å². The van der Waals surface area contributed by atoms with E-state index in [0.29, 0.717) is 16.9 Å². The molecule has 0 radical (unpaired) electrons. The van der Waals surface area contributed by atoms with Gasteiger partial charge in [0.2, 0.25) is 0 Å². The average molecular weight is 270 g/mol. The van der Waals surface area contributed by atoms with Gasteiger partial charge in [-0.15, -0.1) is 0 Å². The van der Waals surface area contributed by atoms with E-state index < -0.39 is 0 Å². The highest BCUT2D eigenvalue weighted by Gasteiger charge is 2.06. The lowest BCUT2D eigenvalue weighted by Crippen LogP contribution is -2.05. The number of halogens is 2. The highest BCUT2D eigenvalue weighted by Crippen LogP contribution is 2.18. The molecule has 2 rings (SSSR count). The van der Waals surface area contributed by atoms with Crippen molar-refractivity contribution in [2.24, 2.45) is 0 Å². The van der Waals surface area contributed by atoms with Gasteiger partial charge in [-0.2, -0.15) is 0 Å². The standard InChI is InChI=1S/C12H13Cl2N3/c1-2-3-11-15-6-7-17(11)8-9-4-5-10(13)16-12(9)14/h4-7H,2-3,8H2,1H3. The number of nitrogens with zero attached hydrogens (tertiary/aromatic N) is 3. The van der Waals surface area contributed by atoms with E-state index >= 15 is 0 Å². The van der Waals surface area contributed by atoms with Crippen molar-refractivity contribution in [2.45, 2.75) is 26.3 Å². The smallest absolute Gasteiger partial charge is 0.135 e. The lowest BCUT2D eigenvalue weighted by Gasteiger charge is -2.08. The molecule has 0 aliphatic heterocycles. The van der Waals surface area contributed by atoms with Crippen molar-refractivity contribution in [1.82, 2.24) is 14.5 Å². The van der Waals surface area contributed by atoms with E-state index in [1.165, 1.54) is 0 Å². The van der Waals surface area contributed by atoms with Crippen molar-refractivity contribution in [2.75, 3.05) is 0 Å². The summed E-state index contributed by atoms with van der Waals surface area (Å²) in [6, 6.07) is 3.65. The van der Waals surface area contributed by atoms with E-state index in [-0.39, 0.29) is 0 Å². The maximum Gasteiger partial charge on any atom is 0.135 e. The zero-order valence-corrected chi connectivity index (χ0v) is 11.0. The van der Waals surface area contributed by atoms with E-state index in [4.69, 9.17) is 23.2 Å². The Labute approximate surface area is 110 Å². The van der Waals surface area contributed by atoms with Crippen LogP contribution in [0.4, 0.5) is 0 Å². The predicted molar refractivity (Wildman–Crippen MR) is 69.6 cm³/mol. The third-order valence-electron chi connectivity index (χ3n) is 2.51. The fourth-order valence-electron chi connectivity index (χ4n) is 1.68. The van der Waals surface area contributed by atoms with Crippen molar-refractivity contribution in [3.63, 3.8) is 0 Å². The topological polar surface area (TPSA) is 30.7 Å². The molecular weight excluding hydrogens is 257 g/mol. The van der Waals surface area contributed by atoms with Crippen LogP contribution in [0.3, 0.4) is 0 Å². The average Bonchev–Trinajstić information content (AvgIpc) is 2.71. The fraction of sp³-hybridized carbons (Fsp3) is 0.333. The molecule has 90 valence electrons. The molecule has 0 N–H and O–H groups in total. The Balaban J connectivity index is 2.22. The van der Waals surface area contributed by atoms with Gasteiger partial charge in [0.1, 0.15) is 16.1 Å². The second-order valence-corrected chi connectivity index (χ2v) is 4.55. The van der Waals surface area contributed by atoms with Crippen LogP contribution >= 0.6 is 23.2 Å². The summed E-state index contributed by atoms with van der Waals surface area (Å²) < 4.78 is 2.08.